The van der Waals surface area contributed by atoms with Gasteiger partial charge in [-0.1, -0.05) is 164 Å². The third-order valence-electron chi connectivity index (χ3n) is 16.8. The van der Waals surface area contributed by atoms with Crippen molar-refractivity contribution in [3.8, 4) is 22.3 Å². The Morgan fingerprint density at radius 1 is 0.465 bits per heavy atom. The summed E-state index contributed by atoms with van der Waals surface area (Å²) in [5, 5.41) is 12.2. The first-order valence-corrected chi connectivity index (χ1v) is 30.3. The summed E-state index contributed by atoms with van der Waals surface area (Å²) < 4.78 is 5.49. The minimum atomic E-state index is -0.413. The molecule has 2 aromatic heterocycles. The van der Waals surface area contributed by atoms with Crippen LogP contribution in [0.25, 0.3) is 44.1 Å². The topological polar surface area (TPSA) is 187 Å². The molecule has 7 aromatic carbocycles. The SMILES string of the molecule is NC1CCCN(c2nc(NC3CCN(C(=O)Cc4ccccc4-c4ccccc4)C3)nc3ccccc23)C1.O=C(NC1CCCN(c2nc(NC3CCN(C(=O)Cc4ccccc4-c4ccccc4)C3)nc3ccccc23)C1)OCc1ccccc1. The van der Waals surface area contributed by atoms with Gasteiger partial charge in [-0.25, -0.2) is 14.8 Å². The van der Waals surface area contributed by atoms with Gasteiger partial charge in [0.25, 0.3) is 0 Å². The van der Waals surface area contributed by atoms with Crippen LogP contribution >= 0.6 is 0 Å². The van der Waals surface area contributed by atoms with Crippen LogP contribution in [0.3, 0.4) is 0 Å². The van der Waals surface area contributed by atoms with Crippen LogP contribution in [0.5, 0.6) is 0 Å². The van der Waals surface area contributed by atoms with E-state index in [1.165, 1.54) is 0 Å². The van der Waals surface area contributed by atoms with Crippen LogP contribution < -0.4 is 31.5 Å². The minimum absolute atomic E-state index is 0.0440. The average Bonchev–Trinajstić information content (AvgIpc) is 1.79. The zero-order valence-electron chi connectivity index (χ0n) is 48.5. The van der Waals surface area contributed by atoms with E-state index in [-0.39, 0.29) is 42.6 Å². The second-order valence-corrected chi connectivity index (χ2v) is 23.0. The molecule has 86 heavy (non-hydrogen) atoms. The largest absolute Gasteiger partial charge is 0.445 e. The normalized spacial score (nSPS) is 18.5. The Morgan fingerprint density at radius 2 is 0.919 bits per heavy atom. The first-order chi connectivity index (χ1) is 42.2. The van der Waals surface area contributed by atoms with Crippen molar-refractivity contribution < 1.29 is 19.1 Å². The minimum Gasteiger partial charge on any atom is -0.445 e. The molecule has 16 heteroatoms. The Bertz CT molecular complexity index is 3780. The number of fused-ring (bicyclic) bond motifs is 2. The Balaban J connectivity index is 0.000000173. The number of likely N-dealkylation sites (tertiary alicyclic amines) is 2. The monoisotopic (exact) mass is 1150 g/mol. The number of carbonyl (C=O) groups is 3. The Hall–Kier alpha value is -9.41. The lowest BCUT2D eigenvalue weighted by molar-refractivity contribution is -0.130. The highest BCUT2D eigenvalue weighted by atomic mass is 16.5. The first kappa shape index (κ1) is 57.0. The maximum absolute atomic E-state index is 13.5. The number of aromatic nitrogens is 4. The molecule has 4 unspecified atom stereocenters. The number of rotatable bonds is 15. The van der Waals surface area contributed by atoms with Gasteiger partial charge in [0.05, 0.1) is 23.9 Å². The second kappa shape index (κ2) is 27.1. The highest BCUT2D eigenvalue weighted by molar-refractivity contribution is 5.92. The quantitative estimate of drug-likeness (QED) is 0.0760. The summed E-state index contributed by atoms with van der Waals surface area (Å²) in [6, 6.07) is 62.9. The van der Waals surface area contributed by atoms with Gasteiger partial charge in [0.15, 0.2) is 0 Å². The van der Waals surface area contributed by atoms with Crippen LogP contribution in [0.4, 0.5) is 28.3 Å². The predicted octanol–water partition coefficient (Wildman–Crippen LogP) is 10.9. The van der Waals surface area contributed by atoms with Crippen LogP contribution in [0.15, 0.2) is 188 Å². The number of ether oxygens (including phenoxy) is 1. The number of carbonyl (C=O) groups excluding carboxylic acids is 3. The maximum atomic E-state index is 13.5. The molecule has 4 saturated heterocycles. The van der Waals surface area contributed by atoms with Gasteiger partial charge in [-0.05, 0) is 102 Å². The molecule has 0 bridgehead atoms. The molecule has 9 aromatic rings. The van der Waals surface area contributed by atoms with Crippen molar-refractivity contribution >= 4 is 63.2 Å². The second-order valence-electron chi connectivity index (χ2n) is 23.0. The summed E-state index contributed by atoms with van der Waals surface area (Å²) in [4.78, 5) is 67.5. The Morgan fingerprint density at radius 3 is 1.44 bits per heavy atom. The first-order valence-electron chi connectivity index (χ1n) is 30.3. The molecule has 4 aliphatic rings. The van der Waals surface area contributed by atoms with Gasteiger partial charge in [-0.2, -0.15) is 9.97 Å². The molecule has 4 atom stereocenters. The number of nitrogens with one attached hydrogen (secondary N) is 3. The maximum Gasteiger partial charge on any atom is 0.407 e. The number of hydrogen-bond donors (Lipinski definition) is 4. The zero-order chi connectivity index (χ0) is 58.6. The van der Waals surface area contributed by atoms with E-state index < -0.39 is 6.09 Å². The molecule has 13 rings (SSSR count). The highest BCUT2D eigenvalue weighted by Gasteiger charge is 2.31. The molecule has 4 fully saturated rings. The fourth-order valence-electron chi connectivity index (χ4n) is 12.4. The molecular formula is C70H74N12O4. The third kappa shape index (κ3) is 14.0. The molecule has 3 amide bonds. The van der Waals surface area contributed by atoms with Gasteiger partial charge >= 0.3 is 6.09 Å². The summed E-state index contributed by atoms with van der Waals surface area (Å²) in [6.07, 6.45) is 5.92. The molecule has 0 saturated carbocycles. The molecular weight excluding hydrogens is 1070 g/mol. The van der Waals surface area contributed by atoms with E-state index in [0.29, 0.717) is 50.9 Å². The number of anilines is 4. The number of nitrogens with zero attached hydrogens (tertiary/aromatic N) is 8. The third-order valence-corrected chi connectivity index (χ3v) is 16.8. The molecule has 438 valence electrons. The van der Waals surface area contributed by atoms with Gasteiger partial charge in [-0.15, -0.1) is 0 Å². The summed E-state index contributed by atoms with van der Waals surface area (Å²) in [7, 11) is 0. The van der Waals surface area contributed by atoms with Gasteiger partial charge in [0, 0.05) is 87.3 Å². The van der Waals surface area contributed by atoms with Crippen molar-refractivity contribution in [3.63, 3.8) is 0 Å². The van der Waals surface area contributed by atoms with E-state index in [1.807, 2.05) is 149 Å². The van der Waals surface area contributed by atoms with Crippen molar-refractivity contribution in [2.75, 3.05) is 72.8 Å². The molecule has 0 aliphatic carbocycles. The molecule has 0 spiro atoms. The predicted molar refractivity (Wildman–Crippen MR) is 342 cm³/mol. The van der Waals surface area contributed by atoms with Crippen molar-refractivity contribution in [1.29, 1.82) is 0 Å². The van der Waals surface area contributed by atoms with Crippen LogP contribution in [0.1, 0.15) is 55.2 Å². The van der Waals surface area contributed by atoms with E-state index in [0.717, 1.165) is 137 Å². The molecule has 6 heterocycles. The summed E-state index contributed by atoms with van der Waals surface area (Å²) >= 11 is 0. The smallest absolute Gasteiger partial charge is 0.407 e. The lowest BCUT2D eigenvalue weighted by Crippen LogP contribution is -2.48. The lowest BCUT2D eigenvalue weighted by Gasteiger charge is -2.34. The standard InChI is InChI=1S/C39H40N6O3.C31H34N6O/c46-36(24-30-16-7-8-18-33(30)29-14-5-2-6-15-29)44-23-21-32(25-44)40-38-42-35-20-10-9-19-34(35)37(43-38)45-22-11-17-31(26-45)41-39(47)48-27-28-12-3-1-4-13-28;32-24-12-8-17-37(20-24)30-27-14-6-7-15-28(27)34-31(35-30)33-25-16-18-36(21-25)29(38)19-23-11-4-5-13-26(23)22-9-2-1-3-10-22/h1-10,12-16,18-20,31-32H,11,17,21-27H2,(H,41,47)(H,40,42,43);1-7,9-11,13-15,24-25H,8,12,16-21,32H2,(H,33,34,35). The van der Waals surface area contributed by atoms with E-state index in [9.17, 15) is 14.4 Å². The van der Waals surface area contributed by atoms with Gasteiger partial charge in [0.1, 0.15) is 18.2 Å². The van der Waals surface area contributed by atoms with E-state index in [4.69, 9.17) is 30.4 Å². The molecule has 4 aliphatic heterocycles. The number of amides is 3. The van der Waals surface area contributed by atoms with Crippen molar-refractivity contribution in [2.45, 2.75) is 82.1 Å². The number of benzene rings is 7. The van der Waals surface area contributed by atoms with Gasteiger partial charge in [0.2, 0.25) is 23.7 Å². The number of nitrogens with two attached hydrogens (primary N) is 1. The van der Waals surface area contributed by atoms with E-state index >= 15 is 0 Å². The lowest BCUT2D eigenvalue weighted by atomic mass is 9.97. The average molecular weight is 1150 g/mol. The van der Waals surface area contributed by atoms with Crippen molar-refractivity contribution in [2.24, 2.45) is 5.73 Å². The van der Waals surface area contributed by atoms with Crippen LogP contribution in [0, 0.1) is 0 Å². The van der Waals surface area contributed by atoms with E-state index in [1.54, 1.807) is 0 Å². The Kier molecular flexibility index (Phi) is 18.0. The summed E-state index contributed by atoms with van der Waals surface area (Å²) in [6.45, 7) is 6.09. The number of hydrogen-bond acceptors (Lipinski definition) is 13. The summed E-state index contributed by atoms with van der Waals surface area (Å²) in [5.41, 5.74) is 15.6. The van der Waals surface area contributed by atoms with Crippen LogP contribution in [-0.2, 0) is 33.8 Å². The van der Waals surface area contributed by atoms with E-state index in [2.05, 4.69) is 74.3 Å². The fraction of sp³-hybridized carbons (Fsp3) is 0.300. The Labute approximate surface area is 502 Å². The highest BCUT2D eigenvalue weighted by Crippen LogP contribution is 2.32. The molecule has 0 radical (unpaired) electrons. The molecule has 5 N–H and O–H groups in total. The van der Waals surface area contributed by atoms with Crippen LogP contribution in [-0.4, -0.2) is 124 Å². The van der Waals surface area contributed by atoms with Crippen molar-refractivity contribution in [1.82, 2.24) is 35.1 Å². The van der Waals surface area contributed by atoms with Crippen LogP contribution in [0.2, 0.25) is 0 Å². The number of piperidine rings is 2. The fourth-order valence-corrected chi connectivity index (χ4v) is 12.4. The molecule has 16 nitrogen and oxygen atoms in total. The zero-order valence-corrected chi connectivity index (χ0v) is 48.5. The summed E-state index contributed by atoms with van der Waals surface area (Å²) in [5.74, 6) is 3.23. The van der Waals surface area contributed by atoms with Gasteiger partial charge in [-0.3, -0.25) is 9.59 Å². The number of para-hydroxylation sites is 2. The number of alkyl carbamates (subject to hydrolysis) is 1. The van der Waals surface area contributed by atoms with Crippen molar-refractivity contribution in [3.05, 3.63) is 205 Å². The van der Waals surface area contributed by atoms with Gasteiger partial charge < -0.3 is 46.0 Å².